The summed E-state index contributed by atoms with van der Waals surface area (Å²) in [7, 11) is 3.54. The number of methoxy groups -OCH3 is 1. The first kappa shape index (κ1) is 8.75. The fourth-order valence-corrected chi connectivity index (χ4v) is 2.41. The molecule has 13 heavy (non-hydrogen) atoms. The Kier molecular flexibility index (Phi) is 2.12. The van der Waals surface area contributed by atoms with Crippen molar-refractivity contribution in [2.24, 2.45) is 0 Å². The van der Waals surface area contributed by atoms with E-state index in [4.69, 9.17) is 4.74 Å². The molecule has 0 N–H and O–H groups in total. The first-order valence-electron chi connectivity index (χ1n) is 4.74. The lowest BCUT2D eigenvalue weighted by Crippen LogP contribution is -2.38. The molecular weight excluding hydrogens is 166 g/mol. The van der Waals surface area contributed by atoms with Crippen LogP contribution < -0.4 is 0 Å². The van der Waals surface area contributed by atoms with Gasteiger partial charge in [-0.3, -0.25) is 4.90 Å². The lowest BCUT2D eigenvalue weighted by atomic mass is 10.0. The highest BCUT2D eigenvalue weighted by Gasteiger charge is 2.38. The highest BCUT2D eigenvalue weighted by molar-refractivity contribution is 5.90. The molecule has 2 aliphatic heterocycles. The first-order valence-corrected chi connectivity index (χ1v) is 4.74. The van der Waals surface area contributed by atoms with Gasteiger partial charge in [0.15, 0.2) is 0 Å². The van der Waals surface area contributed by atoms with E-state index >= 15 is 0 Å². The number of hydrogen-bond acceptors (Lipinski definition) is 3. The van der Waals surface area contributed by atoms with Crippen molar-refractivity contribution in [1.82, 2.24) is 4.90 Å². The molecule has 72 valence electrons. The van der Waals surface area contributed by atoms with E-state index in [9.17, 15) is 4.79 Å². The van der Waals surface area contributed by atoms with Crippen LogP contribution >= 0.6 is 0 Å². The molecule has 3 nitrogen and oxygen atoms in total. The summed E-state index contributed by atoms with van der Waals surface area (Å²) >= 11 is 0. The number of hydrogen-bond donors (Lipinski definition) is 0. The largest absolute Gasteiger partial charge is 0.466 e. The van der Waals surface area contributed by atoms with Crippen molar-refractivity contribution in [2.75, 3.05) is 14.2 Å². The molecule has 2 heterocycles. The van der Waals surface area contributed by atoms with Gasteiger partial charge < -0.3 is 4.74 Å². The van der Waals surface area contributed by atoms with Crippen LogP contribution in [0.4, 0.5) is 0 Å². The maximum Gasteiger partial charge on any atom is 0.335 e. The molecule has 0 aromatic rings. The predicted molar refractivity (Wildman–Crippen MR) is 49.3 cm³/mol. The molecule has 2 atom stereocenters. The smallest absolute Gasteiger partial charge is 0.335 e. The number of likely N-dealkylation sites (N-methyl/N-ethyl adjacent to an activating group) is 1. The zero-order valence-electron chi connectivity index (χ0n) is 8.12. The average molecular weight is 181 g/mol. The molecule has 0 aromatic heterocycles. The number of rotatable bonds is 1. The van der Waals surface area contributed by atoms with Crippen LogP contribution in [0.1, 0.15) is 19.3 Å². The lowest BCUT2D eigenvalue weighted by Gasteiger charge is -2.30. The van der Waals surface area contributed by atoms with E-state index in [0.29, 0.717) is 12.1 Å². The molecule has 2 aliphatic rings. The zero-order valence-corrected chi connectivity index (χ0v) is 8.12. The van der Waals surface area contributed by atoms with Crippen LogP contribution in [0.5, 0.6) is 0 Å². The Morgan fingerprint density at radius 3 is 3.08 bits per heavy atom. The van der Waals surface area contributed by atoms with Gasteiger partial charge in [0.2, 0.25) is 0 Å². The van der Waals surface area contributed by atoms with Crippen molar-refractivity contribution < 1.29 is 9.53 Å². The number of nitrogens with zero attached hydrogens (tertiary/aromatic N) is 1. The predicted octanol–water partition coefficient (Wildman–Crippen LogP) is 0.952. The zero-order chi connectivity index (χ0) is 9.42. The second-order valence-electron chi connectivity index (χ2n) is 3.80. The Morgan fingerprint density at radius 1 is 1.62 bits per heavy atom. The molecule has 0 radical (unpaired) electrons. The Morgan fingerprint density at radius 2 is 2.38 bits per heavy atom. The summed E-state index contributed by atoms with van der Waals surface area (Å²) in [5.41, 5.74) is 0.860. The van der Waals surface area contributed by atoms with E-state index in [1.165, 1.54) is 13.5 Å². The minimum Gasteiger partial charge on any atom is -0.466 e. The van der Waals surface area contributed by atoms with E-state index in [2.05, 4.69) is 11.9 Å². The molecule has 1 saturated heterocycles. The molecular formula is C10H15NO2. The number of carbonyl (C=O) groups excluding carboxylic acids is 1. The number of carbonyl (C=O) groups is 1. The topological polar surface area (TPSA) is 29.5 Å². The molecule has 0 amide bonds. The third kappa shape index (κ3) is 1.27. The van der Waals surface area contributed by atoms with Crippen molar-refractivity contribution in [3.63, 3.8) is 0 Å². The van der Waals surface area contributed by atoms with E-state index < -0.39 is 0 Å². The third-order valence-electron chi connectivity index (χ3n) is 3.23. The summed E-state index contributed by atoms with van der Waals surface area (Å²) in [6.45, 7) is 0. The van der Waals surface area contributed by atoms with E-state index in [1.807, 2.05) is 6.08 Å². The first-order chi connectivity index (χ1) is 6.24. The minimum atomic E-state index is -0.155. The Bertz CT molecular complexity index is 260. The molecule has 0 aromatic carbocycles. The van der Waals surface area contributed by atoms with Crippen LogP contribution in [0.2, 0.25) is 0 Å². The summed E-state index contributed by atoms with van der Waals surface area (Å²) < 4.78 is 4.75. The standard InChI is InChI=1S/C10H15NO2/c1-11-7-3-5-8(10(12)13-2)9(11)6-4-7/h5,7,9H,3-4,6H2,1-2H3/t7?,9-/m1/s1. The summed E-state index contributed by atoms with van der Waals surface area (Å²) in [5, 5.41) is 0. The van der Waals surface area contributed by atoms with Gasteiger partial charge in [0.1, 0.15) is 0 Å². The van der Waals surface area contributed by atoms with E-state index in [1.54, 1.807) is 0 Å². The van der Waals surface area contributed by atoms with Gasteiger partial charge in [0.05, 0.1) is 12.7 Å². The maximum absolute atomic E-state index is 11.4. The molecule has 1 unspecified atom stereocenters. The van der Waals surface area contributed by atoms with Crippen LogP contribution in [0, 0.1) is 0 Å². The fourth-order valence-electron chi connectivity index (χ4n) is 2.41. The Balaban J connectivity index is 2.21. The fraction of sp³-hybridized carbons (Fsp3) is 0.700. The lowest BCUT2D eigenvalue weighted by molar-refractivity contribution is -0.136. The molecule has 0 aliphatic carbocycles. The second-order valence-corrected chi connectivity index (χ2v) is 3.80. The highest BCUT2D eigenvalue weighted by Crippen LogP contribution is 2.34. The number of fused-ring (bicyclic) bond motifs is 2. The average Bonchev–Trinajstić information content (AvgIpc) is 2.41. The number of esters is 1. The van der Waals surface area contributed by atoms with Gasteiger partial charge in [-0.15, -0.1) is 0 Å². The third-order valence-corrected chi connectivity index (χ3v) is 3.23. The van der Waals surface area contributed by atoms with Crippen LogP contribution in [-0.2, 0) is 9.53 Å². The van der Waals surface area contributed by atoms with Gasteiger partial charge in [-0.25, -0.2) is 4.79 Å². The normalized spacial score (nSPS) is 32.9. The number of ether oxygens (including phenoxy) is 1. The molecule has 2 rings (SSSR count). The van der Waals surface area contributed by atoms with Gasteiger partial charge in [0.25, 0.3) is 0 Å². The van der Waals surface area contributed by atoms with Crippen molar-refractivity contribution in [3.05, 3.63) is 11.6 Å². The second kappa shape index (κ2) is 3.14. The maximum atomic E-state index is 11.4. The summed E-state index contributed by atoms with van der Waals surface area (Å²) in [6.07, 6.45) is 5.35. The Hall–Kier alpha value is -0.830. The molecule has 0 saturated carbocycles. The van der Waals surface area contributed by atoms with Gasteiger partial charge in [0, 0.05) is 12.1 Å². The summed E-state index contributed by atoms with van der Waals surface area (Å²) in [4.78, 5) is 13.7. The van der Waals surface area contributed by atoms with Crippen LogP contribution in [0.25, 0.3) is 0 Å². The molecule has 3 heteroatoms. The van der Waals surface area contributed by atoms with Gasteiger partial charge >= 0.3 is 5.97 Å². The van der Waals surface area contributed by atoms with Crippen LogP contribution in [0.15, 0.2) is 11.6 Å². The van der Waals surface area contributed by atoms with Crippen molar-refractivity contribution in [3.8, 4) is 0 Å². The summed E-state index contributed by atoms with van der Waals surface area (Å²) in [5.74, 6) is -0.155. The van der Waals surface area contributed by atoms with E-state index in [0.717, 1.165) is 18.4 Å². The van der Waals surface area contributed by atoms with Crippen LogP contribution in [-0.4, -0.2) is 37.1 Å². The molecule has 1 fully saturated rings. The van der Waals surface area contributed by atoms with Crippen molar-refractivity contribution in [2.45, 2.75) is 31.3 Å². The quantitative estimate of drug-likeness (QED) is 0.564. The van der Waals surface area contributed by atoms with E-state index in [-0.39, 0.29) is 5.97 Å². The van der Waals surface area contributed by atoms with Crippen molar-refractivity contribution >= 4 is 5.97 Å². The molecule has 0 spiro atoms. The van der Waals surface area contributed by atoms with Crippen molar-refractivity contribution in [1.29, 1.82) is 0 Å². The van der Waals surface area contributed by atoms with Gasteiger partial charge in [-0.2, -0.15) is 0 Å². The SMILES string of the molecule is COC(=O)C1=CCC2CC[C@H]1N2C. The molecule has 2 bridgehead atoms. The monoisotopic (exact) mass is 181 g/mol. The van der Waals surface area contributed by atoms with Gasteiger partial charge in [-0.1, -0.05) is 6.08 Å². The Labute approximate surface area is 78.4 Å². The summed E-state index contributed by atoms with van der Waals surface area (Å²) in [6, 6.07) is 0.963. The van der Waals surface area contributed by atoms with Crippen LogP contribution in [0.3, 0.4) is 0 Å². The van der Waals surface area contributed by atoms with Gasteiger partial charge in [-0.05, 0) is 26.3 Å². The highest BCUT2D eigenvalue weighted by atomic mass is 16.5. The minimum absolute atomic E-state index is 0.155.